The molecule has 3 rings (SSSR count). The van der Waals surface area contributed by atoms with Crippen molar-refractivity contribution >= 4 is 44.1 Å². The van der Waals surface area contributed by atoms with Crippen LogP contribution in [0.4, 0.5) is 5.13 Å². The third kappa shape index (κ3) is 3.39. The van der Waals surface area contributed by atoms with E-state index in [0.717, 1.165) is 28.3 Å². The van der Waals surface area contributed by atoms with Gasteiger partial charge < -0.3 is 4.90 Å². The van der Waals surface area contributed by atoms with Gasteiger partial charge in [0.2, 0.25) is 0 Å². The number of benzene rings is 1. The second-order valence-corrected chi connectivity index (χ2v) is 7.17. The van der Waals surface area contributed by atoms with E-state index in [1.54, 1.807) is 11.8 Å². The maximum atomic E-state index is 12.9. The number of aryl methyl sites for hydroxylation is 1. The number of carbonyl (C=O) groups is 1. The molecule has 0 fully saturated rings. The monoisotopic (exact) mass is 347 g/mol. The third-order valence-electron chi connectivity index (χ3n) is 3.38. The molecular formula is C15H17N5OS2. The molecule has 0 aliphatic rings. The van der Waals surface area contributed by atoms with Gasteiger partial charge in [0.15, 0.2) is 5.13 Å². The Morgan fingerprint density at radius 3 is 2.65 bits per heavy atom. The van der Waals surface area contributed by atoms with Crippen molar-refractivity contribution in [3.05, 3.63) is 34.8 Å². The van der Waals surface area contributed by atoms with E-state index in [1.165, 1.54) is 11.3 Å². The van der Waals surface area contributed by atoms with Crippen molar-refractivity contribution in [2.24, 2.45) is 0 Å². The Kier molecular flexibility index (Phi) is 4.65. The van der Waals surface area contributed by atoms with Gasteiger partial charge in [-0.25, -0.2) is 4.98 Å². The van der Waals surface area contributed by atoms with E-state index in [1.807, 2.05) is 43.3 Å². The fraction of sp³-hybridized carbons (Fsp3) is 0.333. The van der Waals surface area contributed by atoms with E-state index in [-0.39, 0.29) is 5.91 Å². The molecule has 3 aromatic rings. The molecule has 0 saturated heterocycles. The normalized spacial score (nSPS) is 11.3. The number of hydrogen-bond acceptors (Lipinski definition) is 7. The predicted octanol–water partition coefficient (Wildman–Crippen LogP) is 2.66. The molecule has 1 aromatic carbocycles. The molecule has 6 nitrogen and oxygen atoms in total. The van der Waals surface area contributed by atoms with E-state index in [0.29, 0.717) is 22.2 Å². The molecule has 1 amide bonds. The smallest absolute Gasteiger partial charge is 0.273 e. The summed E-state index contributed by atoms with van der Waals surface area (Å²) in [5.41, 5.74) is 1.57. The van der Waals surface area contributed by atoms with Crippen LogP contribution in [0.5, 0.6) is 0 Å². The second-order valence-electron chi connectivity index (χ2n) is 5.41. The maximum Gasteiger partial charge on any atom is 0.273 e. The summed E-state index contributed by atoms with van der Waals surface area (Å²) in [6.45, 7) is 3.13. The minimum atomic E-state index is -0.0848. The molecule has 2 aromatic heterocycles. The van der Waals surface area contributed by atoms with Crippen molar-refractivity contribution < 1.29 is 4.79 Å². The Morgan fingerprint density at radius 2 is 2.00 bits per heavy atom. The van der Waals surface area contributed by atoms with Crippen LogP contribution >= 0.6 is 22.9 Å². The Hall–Kier alpha value is -1.90. The Labute approximate surface area is 142 Å². The van der Waals surface area contributed by atoms with E-state index in [9.17, 15) is 4.79 Å². The molecule has 0 unspecified atom stereocenters. The van der Waals surface area contributed by atoms with Gasteiger partial charge >= 0.3 is 0 Å². The minimum Gasteiger partial charge on any atom is -0.308 e. The number of aromatic nitrogens is 3. The minimum absolute atomic E-state index is 0.0848. The number of anilines is 1. The van der Waals surface area contributed by atoms with Gasteiger partial charge in [-0.3, -0.25) is 9.69 Å². The first-order valence-electron chi connectivity index (χ1n) is 7.17. The van der Waals surface area contributed by atoms with E-state index >= 15 is 0 Å². The summed E-state index contributed by atoms with van der Waals surface area (Å²) in [6, 6.07) is 7.91. The SMILES string of the molecule is Cc1nnsc1C(=O)N(CCN(C)C)c1nc2ccccc2s1. The zero-order chi connectivity index (χ0) is 16.4. The molecule has 8 heteroatoms. The zero-order valence-electron chi connectivity index (χ0n) is 13.2. The van der Waals surface area contributed by atoms with Crippen molar-refractivity contribution in [2.45, 2.75) is 6.92 Å². The van der Waals surface area contributed by atoms with Crippen LogP contribution in [0, 0.1) is 6.92 Å². The summed E-state index contributed by atoms with van der Waals surface area (Å²) in [6.07, 6.45) is 0. The van der Waals surface area contributed by atoms with Gasteiger partial charge in [-0.2, -0.15) is 0 Å². The molecule has 0 radical (unpaired) electrons. The molecule has 0 aliphatic heterocycles. The summed E-state index contributed by atoms with van der Waals surface area (Å²) in [5.74, 6) is -0.0848. The van der Waals surface area contributed by atoms with Crippen LogP contribution in [0.2, 0.25) is 0 Å². The van der Waals surface area contributed by atoms with Crippen molar-refractivity contribution in [3.8, 4) is 0 Å². The highest BCUT2D eigenvalue weighted by atomic mass is 32.1. The molecule has 0 spiro atoms. The first kappa shape index (κ1) is 16.0. The van der Waals surface area contributed by atoms with Gasteiger partial charge in [0.05, 0.1) is 15.9 Å². The van der Waals surface area contributed by atoms with Crippen molar-refractivity contribution in [1.82, 2.24) is 19.5 Å². The molecule has 2 heterocycles. The lowest BCUT2D eigenvalue weighted by Gasteiger charge is -2.21. The average molecular weight is 347 g/mol. The standard InChI is InChI=1S/C15H17N5OS2/c1-10-13(23-18-17-10)14(21)20(9-8-19(2)3)15-16-11-6-4-5-7-12(11)22-15/h4-7H,8-9H2,1-3H3. The van der Waals surface area contributed by atoms with Gasteiger partial charge in [0.1, 0.15) is 4.88 Å². The van der Waals surface area contributed by atoms with Crippen molar-refractivity contribution in [3.63, 3.8) is 0 Å². The Morgan fingerprint density at radius 1 is 1.22 bits per heavy atom. The average Bonchev–Trinajstić information content (AvgIpc) is 3.12. The van der Waals surface area contributed by atoms with Crippen LogP contribution in [-0.4, -0.2) is 52.6 Å². The maximum absolute atomic E-state index is 12.9. The molecule has 0 aliphatic carbocycles. The highest BCUT2D eigenvalue weighted by Gasteiger charge is 2.24. The third-order valence-corrected chi connectivity index (χ3v) is 5.25. The lowest BCUT2D eigenvalue weighted by Crippen LogP contribution is -2.36. The van der Waals surface area contributed by atoms with Crippen LogP contribution in [0.25, 0.3) is 10.2 Å². The lowest BCUT2D eigenvalue weighted by molar-refractivity contribution is 0.0988. The summed E-state index contributed by atoms with van der Waals surface area (Å²) in [4.78, 5) is 21.9. The van der Waals surface area contributed by atoms with Crippen LogP contribution in [-0.2, 0) is 0 Å². The molecule has 23 heavy (non-hydrogen) atoms. The van der Waals surface area contributed by atoms with Crippen LogP contribution in [0.3, 0.4) is 0 Å². The lowest BCUT2D eigenvalue weighted by atomic mass is 10.3. The van der Waals surface area contributed by atoms with Crippen LogP contribution in [0.1, 0.15) is 15.4 Å². The number of amides is 1. The number of nitrogens with zero attached hydrogens (tertiary/aromatic N) is 5. The largest absolute Gasteiger partial charge is 0.308 e. The fourth-order valence-corrected chi connectivity index (χ4v) is 3.71. The molecule has 0 atom stereocenters. The predicted molar refractivity (Wildman–Crippen MR) is 94.5 cm³/mol. The summed E-state index contributed by atoms with van der Waals surface area (Å²) >= 11 is 2.66. The summed E-state index contributed by atoms with van der Waals surface area (Å²) < 4.78 is 4.95. The molecule has 0 saturated carbocycles. The van der Waals surface area contributed by atoms with Crippen molar-refractivity contribution in [2.75, 3.05) is 32.1 Å². The van der Waals surface area contributed by atoms with Crippen LogP contribution in [0.15, 0.2) is 24.3 Å². The number of rotatable bonds is 5. The van der Waals surface area contributed by atoms with Crippen LogP contribution < -0.4 is 4.90 Å². The number of likely N-dealkylation sites (N-methyl/N-ethyl adjacent to an activating group) is 1. The van der Waals surface area contributed by atoms with Gasteiger partial charge in [-0.15, -0.1) is 5.10 Å². The number of thiazole rings is 1. The topological polar surface area (TPSA) is 62.2 Å². The van der Waals surface area contributed by atoms with Gasteiger partial charge in [-0.05, 0) is 44.7 Å². The first-order chi connectivity index (χ1) is 11.1. The molecule has 120 valence electrons. The highest BCUT2D eigenvalue weighted by molar-refractivity contribution is 7.22. The first-order valence-corrected chi connectivity index (χ1v) is 8.76. The number of carbonyl (C=O) groups excluding carboxylic acids is 1. The van der Waals surface area contributed by atoms with Gasteiger partial charge in [0.25, 0.3) is 5.91 Å². The molecular weight excluding hydrogens is 330 g/mol. The molecule has 0 bridgehead atoms. The second kappa shape index (κ2) is 6.69. The number of fused-ring (bicyclic) bond motifs is 1. The Bertz CT molecular complexity index is 793. The van der Waals surface area contributed by atoms with E-state index in [2.05, 4.69) is 14.6 Å². The number of hydrogen-bond donors (Lipinski definition) is 0. The van der Waals surface area contributed by atoms with Gasteiger partial charge in [0, 0.05) is 13.1 Å². The quantitative estimate of drug-likeness (QED) is 0.710. The summed E-state index contributed by atoms with van der Waals surface area (Å²) in [5, 5.41) is 4.66. The fourth-order valence-electron chi connectivity index (χ4n) is 2.11. The summed E-state index contributed by atoms with van der Waals surface area (Å²) in [7, 11) is 3.97. The van der Waals surface area contributed by atoms with Crippen molar-refractivity contribution in [1.29, 1.82) is 0 Å². The highest BCUT2D eigenvalue weighted by Crippen LogP contribution is 2.30. The zero-order valence-corrected chi connectivity index (χ0v) is 14.8. The van der Waals surface area contributed by atoms with E-state index < -0.39 is 0 Å². The Balaban J connectivity index is 1.97. The van der Waals surface area contributed by atoms with Gasteiger partial charge in [-0.1, -0.05) is 28.0 Å². The molecule has 0 N–H and O–H groups in total. The number of para-hydroxylation sites is 1. The van der Waals surface area contributed by atoms with E-state index in [4.69, 9.17) is 0 Å².